The number of rotatable bonds is 11. The molecule has 4 atom stereocenters. The first-order chi connectivity index (χ1) is 31.2. The first-order valence-electron chi connectivity index (χ1n) is 20.4. The number of aryl methyl sites for hydroxylation is 2. The van der Waals surface area contributed by atoms with Crippen LogP contribution in [0, 0.1) is 25.7 Å². The van der Waals surface area contributed by atoms with E-state index >= 15 is 0 Å². The Morgan fingerprint density at radius 2 is 0.938 bits per heavy atom. The Labute approximate surface area is 369 Å². The molecule has 12 nitrogen and oxygen atoms in total. The molecular weight excluding hydrogens is 809 g/mol. The van der Waals surface area contributed by atoms with Crippen LogP contribution in [0.2, 0.25) is 0 Å². The molecule has 8 rings (SSSR count). The van der Waals surface area contributed by atoms with Gasteiger partial charge in [0.25, 0.3) is 5.79 Å². The Balaban J connectivity index is 1.58. The van der Waals surface area contributed by atoms with E-state index in [0.717, 1.165) is 11.1 Å². The Hall–Kier alpha value is -8.09. The third kappa shape index (κ3) is 7.29. The molecule has 0 amide bonds. The van der Waals surface area contributed by atoms with E-state index in [9.17, 15) is 19.2 Å². The number of carbonyl (C=O) groups excluding carboxylic acids is 4. The van der Waals surface area contributed by atoms with Gasteiger partial charge < -0.3 is 18.9 Å². The van der Waals surface area contributed by atoms with Crippen LogP contribution in [0.4, 0.5) is 0 Å². The molecule has 64 heavy (non-hydrogen) atoms. The minimum absolute atomic E-state index is 0.214. The minimum atomic E-state index is -1.81. The lowest BCUT2D eigenvalue weighted by Crippen LogP contribution is -2.34. The van der Waals surface area contributed by atoms with E-state index in [4.69, 9.17) is 33.9 Å². The van der Waals surface area contributed by atoms with Gasteiger partial charge in [-0.2, -0.15) is 0 Å². The highest BCUT2D eigenvalue weighted by Gasteiger charge is 2.50. The van der Waals surface area contributed by atoms with Gasteiger partial charge in [-0.1, -0.05) is 72.8 Å². The molecule has 2 aromatic carbocycles. The van der Waals surface area contributed by atoms with Crippen molar-refractivity contribution in [2.24, 2.45) is 21.8 Å². The molecule has 5 aliphatic rings. The number of hydrogen-bond donors (Lipinski definition) is 0. The Bertz CT molecular complexity index is 2940. The summed E-state index contributed by atoms with van der Waals surface area (Å²) >= 11 is 0. The molecular formula is C52H42N4O8. The molecule has 0 radical (unpaired) electrons. The van der Waals surface area contributed by atoms with E-state index in [0.29, 0.717) is 62.8 Å². The van der Waals surface area contributed by atoms with Crippen LogP contribution in [-0.4, -0.2) is 73.2 Å². The van der Waals surface area contributed by atoms with Crippen molar-refractivity contribution >= 4 is 35.2 Å². The maximum atomic E-state index is 13.2. The highest BCUT2D eigenvalue weighted by Crippen LogP contribution is 2.50. The zero-order valence-electron chi connectivity index (χ0n) is 35.9. The third-order valence-electron chi connectivity index (χ3n) is 11.9. The average Bonchev–Trinajstić information content (AvgIpc) is 3.93. The first-order valence-corrected chi connectivity index (χ1v) is 20.4. The van der Waals surface area contributed by atoms with Crippen LogP contribution < -0.4 is 0 Å². The normalized spacial score (nSPS) is 23.4. The summed E-state index contributed by atoms with van der Waals surface area (Å²) in [4.78, 5) is 68.9. The molecule has 12 heteroatoms. The molecule has 4 unspecified atom stereocenters. The summed E-state index contributed by atoms with van der Waals surface area (Å²) in [5.41, 5.74) is 5.40. The van der Waals surface area contributed by atoms with Crippen LogP contribution >= 0.6 is 0 Å². The predicted octanol–water partition coefficient (Wildman–Crippen LogP) is 7.55. The first kappa shape index (κ1) is 42.6. The summed E-state index contributed by atoms with van der Waals surface area (Å²) in [5, 5.41) is 0. The fraction of sp³-hybridized carbons (Fsp3) is 0.212. The topological polar surface area (TPSA) is 148 Å². The maximum Gasteiger partial charge on any atom is 0.261 e. The molecule has 3 aromatic rings. The summed E-state index contributed by atoms with van der Waals surface area (Å²) < 4.78 is 24.1. The molecule has 0 N–H and O–H groups in total. The lowest BCUT2D eigenvalue weighted by Gasteiger charge is -2.33. The molecule has 0 saturated heterocycles. The quantitative estimate of drug-likeness (QED) is 0.178. The van der Waals surface area contributed by atoms with Crippen molar-refractivity contribution in [3.05, 3.63) is 195 Å². The Kier molecular flexibility index (Phi) is 11.8. The number of aliphatic imine (C=N–C) groups is 2. The zero-order valence-corrected chi connectivity index (χ0v) is 35.9. The minimum Gasteiger partial charge on any atom is -0.497 e. The summed E-state index contributed by atoms with van der Waals surface area (Å²) in [7, 11) is 6.03. The van der Waals surface area contributed by atoms with Crippen LogP contribution in [-0.2, 0) is 43.9 Å². The summed E-state index contributed by atoms with van der Waals surface area (Å²) in [6.45, 7) is 3.91. The summed E-state index contributed by atoms with van der Waals surface area (Å²) in [6, 6.07) is 15.4. The van der Waals surface area contributed by atoms with Gasteiger partial charge in [0.15, 0.2) is 0 Å². The van der Waals surface area contributed by atoms with Gasteiger partial charge in [0.1, 0.15) is 52.6 Å². The number of imidazole rings is 1. The SMILES string of the molecule is COC1=CC(=C=O)C(C2=NC(c3ccccc3C)(n3c(-c4ccccc4C)nc(C4C=CC(OC)=CC4=C=O)c3C3C=CC(OC)=CC3=C=O)N=C2C2C=CC(OC)=CC2=C=O)C=C1. The van der Waals surface area contributed by atoms with Gasteiger partial charge in [0, 0.05) is 11.1 Å². The predicted molar refractivity (Wildman–Crippen MR) is 242 cm³/mol. The van der Waals surface area contributed by atoms with Crippen molar-refractivity contribution in [3.63, 3.8) is 0 Å². The highest BCUT2D eigenvalue weighted by atomic mass is 16.5. The van der Waals surface area contributed by atoms with Gasteiger partial charge >= 0.3 is 0 Å². The number of nitrogens with zero attached hydrogens (tertiary/aromatic N) is 4. The van der Waals surface area contributed by atoms with Gasteiger partial charge in [0.2, 0.25) is 0 Å². The molecule has 0 fully saturated rings. The highest BCUT2D eigenvalue weighted by molar-refractivity contribution is 6.47. The van der Waals surface area contributed by atoms with Crippen molar-refractivity contribution in [2.75, 3.05) is 28.4 Å². The fourth-order valence-corrected chi connectivity index (χ4v) is 8.70. The van der Waals surface area contributed by atoms with Crippen molar-refractivity contribution < 1.29 is 38.1 Å². The second-order valence-corrected chi connectivity index (χ2v) is 15.4. The molecule has 1 aromatic heterocycles. The molecule has 2 heterocycles. The summed E-state index contributed by atoms with van der Waals surface area (Å²) in [5.74, 6) is 5.55. The number of hydrogen-bond acceptors (Lipinski definition) is 11. The Morgan fingerprint density at radius 1 is 0.531 bits per heavy atom. The number of aromatic nitrogens is 2. The Morgan fingerprint density at radius 3 is 1.39 bits per heavy atom. The molecule has 0 bridgehead atoms. The lowest BCUT2D eigenvalue weighted by molar-refractivity contribution is 0.304. The second-order valence-electron chi connectivity index (χ2n) is 15.4. The molecule has 318 valence electrons. The second kappa shape index (κ2) is 17.7. The number of ether oxygens (including phenoxy) is 4. The van der Waals surface area contributed by atoms with E-state index in [1.807, 2.05) is 79.1 Å². The fourth-order valence-electron chi connectivity index (χ4n) is 8.70. The van der Waals surface area contributed by atoms with E-state index in [1.54, 1.807) is 60.8 Å². The molecule has 1 aliphatic heterocycles. The summed E-state index contributed by atoms with van der Waals surface area (Å²) in [6.07, 6.45) is 20.6. The number of allylic oxidation sites excluding steroid dienone is 16. The van der Waals surface area contributed by atoms with Crippen molar-refractivity contribution in [2.45, 2.75) is 31.5 Å². The van der Waals surface area contributed by atoms with E-state index in [1.165, 1.54) is 28.4 Å². The van der Waals surface area contributed by atoms with Gasteiger partial charge in [-0.25, -0.2) is 34.1 Å². The zero-order chi connectivity index (χ0) is 45.1. The largest absolute Gasteiger partial charge is 0.497 e. The van der Waals surface area contributed by atoms with Crippen LogP contribution in [0.5, 0.6) is 0 Å². The van der Waals surface area contributed by atoms with Crippen LogP contribution in [0.1, 0.15) is 39.9 Å². The van der Waals surface area contributed by atoms with Gasteiger partial charge in [0.05, 0.1) is 97.2 Å². The monoisotopic (exact) mass is 850 g/mol. The average molecular weight is 851 g/mol. The molecule has 0 spiro atoms. The molecule has 0 saturated carbocycles. The van der Waals surface area contributed by atoms with Crippen molar-refractivity contribution in [1.29, 1.82) is 0 Å². The third-order valence-corrected chi connectivity index (χ3v) is 11.9. The van der Waals surface area contributed by atoms with Crippen LogP contribution in [0.25, 0.3) is 11.4 Å². The number of benzene rings is 2. The van der Waals surface area contributed by atoms with Crippen molar-refractivity contribution in [1.82, 2.24) is 9.55 Å². The lowest BCUT2D eigenvalue weighted by atomic mass is 9.81. The van der Waals surface area contributed by atoms with Crippen LogP contribution in [0.15, 0.2) is 177 Å². The van der Waals surface area contributed by atoms with Crippen LogP contribution in [0.3, 0.4) is 0 Å². The van der Waals surface area contributed by atoms with E-state index in [-0.39, 0.29) is 22.3 Å². The van der Waals surface area contributed by atoms with Crippen molar-refractivity contribution in [3.8, 4) is 11.4 Å². The van der Waals surface area contributed by atoms with Gasteiger partial charge in [-0.15, -0.1) is 0 Å². The number of methoxy groups -OCH3 is 4. The van der Waals surface area contributed by atoms with E-state index < -0.39 is 29.5 Å². The maximum absolute atomic E-state index is 13.2. The standard InChI is InChI=1S/C52H42N4O8/c1-31-11-7-9-13-41(31)51-53-49(44-21-17-39(63-5)25-35(44)29-59)50(45-22-18-40(64-6)26-36(45)30-60)56(51)52(46-14-10-8-12-32(46)2)54-47(42-19-15-37(61-3)23-33(42)27-57)48(55-52)43-20-16-38(62-4)24-34(43)28-58/h7-26,42-45H,1-6H3. The van der Waals surface area contributed by atoms with Gasteiger partial charge in [-0.05, 0) is 73.6 Å². The van der Waals surface area contributed by atoms with Gasteiger partial charge in [-0.3, -0.25) is 4.57 Å². The molecule has 4 aliphatic carbocycles. The van der Waals surface area contributed by atoms with E-state index in [2.05, 4.69) is 23.8 Å². The smallest absolute Gasteiger partial charge is 0.261 e.